The zero-order valence-corrected chi connectivity index (χ0v) is 13.4. The molecule has 0 aromatic heterocycles. The molecule has 5 nitrogen and oxygen atoms in total. The van der Waals surface area contributed by atoms with E-state index in [0.717, 1.165) is 0 Å². The average molecular weight is 333 g/mol. The Hall–Kier alpha value is -2.53. The van der Waals surface area contributed by atoms with Gasteiger partial charge in [0, 0.05) is 0 Å². The summed E-state index contributed by atoms with van der Waals surface area (Å²) in [5.41, 5.74) is 0.892. The number of benzene rings is 2. The zero-order chi connectivity index (χ0) is 16.7. The Bertz CT molecular complexity index is 704. The first kappa shape index (κ1) is 16.8. The number of rotatable bonds is 6. The van der Waals surface area contributed by atoms with Gasteiger partial charge in [-0.3, -0.25) is 9.59 Å². The molecule has 23 heavy (non-hydrogen) atoms. The number of ether oxygens (including phenoxy) is 1. The van der Waals surface area contributed by atoms with E-state index in [0.29, 0.717) is 28.6 Å². The van der Waals surface area contributed by atoms with Gasteiger partial charge in [0.15, 0.2) is 0 Å². The third-order valence-corrected chi connectivity index (χ3v) is 3.32. The maximum Gasteiger partial charge on any atom is 0.253 e. The van der Waals surface area contributed by atoms with Gasteiger partial charge in [-0.2, -0.15) is 0 Å². The maximum absolute atomic E-state index is 12.0. The van der Waals surface area contributed by atoms with Crippen LogP contribution < -0.4 is 15.4 Å². The van der Waals surface area contributed by atoms with Crippen LogP contribution in [-0.4, -0.2) is 25.0 Å². The highest BCUT2D eigenvalue weighted by Gasteiger charge is 2.12. The number of amides is 2. The van der Waals surface area contributed by atoms with Gasteiger partial charge in [0.25, 0.3) is 5.91 Å². The van der Waals surface area contributed by atoms with E-state index in [1.807, 2.05) is 13.0 Å². The minimum Gasteiger partial charge on any atom is -0.492 e. The molecule has 2 aromatic carbocycles. The Labute approximate surface area is 139 Å². The molecule has 0 unspecified atom stereocenters. The predicted octanol–water partition coefficient (Wildman–Crippen LogP) is 3.11. The summed E-state index contributed by atoms with van der Waals surface area (Å²) < 4.78 is 5.43. The van der Waals surface area contributed by atoms with Crippen LogP contribution in [-0.2, 0) is 4.79 Å². The molecule has 0 spiro atoms. The highest BCUT2D eigenvalue weighted by atomic mass is 35.5. The van der Waals surface area contributed by atoms with Crippen molar-refractivity contribution < 1.29 is 14.3 Å². The molecule has 0 radical (unpaired) electrons. The van der Waals surface area contributed by atoms with Crippen LogP contribution in [0.15, 0.2) is 48.5 Å². The summed E-state index contributed by atoms with van der Waals surface area (Å²) in [5, 5.41) is 5.58. The van der Waals surface area contributed by atoms with Gasteiger partial charge in [0.2, 0.25) is 5.91 Å². The molecule has 6 heteroatoms. The van der Waals surface area contributed by atoms with Crippen molar-refractivity contribution in [3.05, 3.63) is 59.1 Å². The fourth-order valence-electron chi connectivity index (χ4n) is 1.95. The Balaban J connectivity index is 1.93. The van der Waals surface area contributed by atoms with Crippen molar-refractivity contribution in [3.8, 4) is 5.75 Å². The average Bonchev–Trinajstić information content (AvgIpc) is 2.55. The number of hydrogen-bond donors (Lipinski definition) is 2. The Kier molecular flexibility index (Phi) is 6.00. The summed E-state index contributed by atoms with van der Waals surface area (Å²) in [7, 11) is 0. The summed E-state index contributed by atoms with van der Waals surface area (Å²) in [6.45, 7) is 2.20. The summed E-state index contributed by atoms with van der Waals surface area (Å²) in [4.78, 5) is 24.0. The highest BCUT2D eigenvalue weighted by molar-refractivity contribution is 6.33. The number of anilines is 1. The van der Waals surface area contributed by atoms with E-state index in [1.54, 1.807) is 42.5 Å². The van der Waals surface area contributed by atoms with Crippen molar-refractivity contribution in [1.29, 1.82) is 0 Å². The molecule has 0 saturated heterocycles. The van der Waals surface area contributed by atoms with Crippen LogP contribution in [0.1, 0.15) is 17.3 Å². The molecular formula is C17H17ClN2O3. The predicted molar refractivity (Wildman–Crippen MR) is 90.0 cm³/mol. The number of carbonyl (C=O) groups excluding carboxylic acids is 2. The van der Waals surface area contributed by atoms with Gasteiger partial charge in [-0.1, -0.05) is 35.9 Å². The first-order chi connectivity index (χ1) is 11.1. The fraction of sp³-hybridized carbons (Fsp3) is 0.176. The lowest BCUT2D eigenvalue weighted by atomic mass is 10.2. The molecule has 0 aliphatic rings. The highest BCUT2D eigenvalue weighted by Crippen LogP contribution is 2.23. The zero-order valence-electron chi connectivity index (χ0n) is 12.6. The molecule has 0 aliphatic heterocycles. The molecule has 0 atom stereocenters. The Morgan fingerprint density at radius 3 is 2.52 bits per heavy atom. The van der Waals surface area contributed by atoms with Crippen LogP contribution in [0.25, 0.3) is 0 Å². The van der Waals surface area contributed by atoms with Gasteiger partial charge >= 0.3 is 0 Å². The van der Waals surface area contributed by atoms with Crippen molar-refractivity contribution in [3.63, 3.8) is 0 Å². The lowest BCUT2D eigenvalue weighted by Gasteiger charge is -2.11. The van der Waals surface area contributed by atoms with Crippen molar-refractivity contribution >= 4 is 29.1 Å². The third-order valence-electron chi connectivity index (χ3n) is 2.99. The van der Waals surface area contributed by atoms with Crippen molar-refractivity contribution in [2.75, 3.05) is 18.5 Å². The molecule has 120 valence electrons. The molecule has 2 N–H and O–H groups in total. The minimum atomic E-state index is -0.399. The third kappa shape index (κ3) is 4.72. The number of para-hydroxylation sites is 2. The number of hydrogen-bond acceptors (Lipinski definition) is 3. The number of nitrogens with one attached hydrogen (secondary N) is 2. The molecule has 2 amide bonds. The molecular weight excluding hydrogens is 316 g/mol. The first-order valence-electron chi connectivity index (χ1n) is 7.16. The second kappa shape index (κ2) is 8.19. The van der Waals surface area contributed by atoms with E-state index in [4.69, 9.17) is 16.3 Å². The van der Waals surface area contributed by atoms with Crippen LogP contribution in [0, 0.1) is 0 Å². The van der Waals surface area contributed by atoms with Gasteiger partial charge in [-0.25, -0.2) is 0 Å². The van der Waals surface area contributed by atoms with Gasteiger partial charge in [-0.15, -0.1) is 0 Å². The van der Waals surface area contributed by atoms with E-state index in [2.05, 4.69) is 10.6 Å². The fourth-order valence-corrected chi connectivity index (χ4v) is 2.17. The largest absolute Gasteiger partial charge is 0.492 e. The first-order valence-corrected chi connectivity index (χ1v) is 7.54. The van der Waals surface area contributed by atoms with E-state index < -0.39 is 5.91 Å². The summed E-state index contributed by atoms with van der Waals surface area (Å²) in [5.74, 6) is -0.165. The monoisotopic (exact) mass is 332 g/mol. The van der Waals surface area contributed by atoms with Gasteiger partial charge in [-0.05, 0) is 31.2 Å². The van der Waals surface area contributed by atoms with Crippen LogP contribution in [0.5, 0.6) is 5.75 Å². The van der Waals surface area contributed by atoms with Crippen molar-refractivity contribution in [1.82, 2.24) is 5.32 Å². The lowest BCUT2D eigenvalue weighted by Crippen LogP contribution is -2.33. The number of carbonyl (C=O) groups is 2. The Morgan fingerprint density at radius 2 is 1.78 bits per heavy atom. The molecule has 0 saturated carbocycles. The van der Waals surface area contributed by atoms with Crippen LogP contribution >= 0.6 is 11.6 Å². The molecule has 0 heterocycles. The summed E-state index contributed by atoms with van der Waals surface area (Å²) in [6.07, 6.45) is 0. The standard InChI is InChI=1S/C17H17ClN2O3/c1-2-23-15-10-6-5-9-14(15)20-16(21)11-19-17(22)12-7-3-4-8-13(12)18/h3-10H,2,11H2,1H3,(H,19,22)(H,20,21). The minimum absolute atomic E-state index is 0.162. The van der Waals surface area contributed by atoms with Gasteiger partial charge < -0.3 is 15.4 Å². The topological polar surface area (TPSA) is 67.4 Å². The van der Waals surface area contributed by atoms with Crippen molar-refractivity contribution in [2.45, 2.75) is 6.92 Å². The van der Waals surface area contributed by atoms with E-state index >= 15 is 0 Å². The molecule has 2 aromatic rings. The molecule has 0 fully saturated rings. The second-order valence-corrected chi connectivity index (χ2v) is 5.05. The molecule has 0 bridgehead atoms. The van der Waals surface area contributed by atoms with E-state index in [1.165, 1.54) is 0 Å². The summed E-state index contributed by atoms with van der Waals surface area (Å²) in [6, 6.07) is 13.8. The van der Waals surface area contributed by atoms with E-state index in [-0.39, 0.29) is 12.5 Å². The second-order valence-electron chi connectivity index (χ2n) is 4.64. The van der Waals surface area contributed by atoms with E-state index in [9.17, 15) is 9.59 Å². The Morgan fingerprint density at radius 1 is 1.09 bits per heavy atom. The van der Waals surface area contributed by atoms with Gasteiger partial charge in [0.05, 0.1) is 29.4 Å². The summed E-state index contributed by atoms with van der Waals surface area (Å²) >= 11 is 5.94. The normalized spacial score (nSPS) is 10.0. The molecule has 0 aliphatic carbocycles. The van der Waals surface area contributed by atoms with Gasteiger partial charge in [0.1, 0.15) is 5.75 Å². The smallest absolute Gasteiger partial charge is 0.253 e. The lowest BCUT2D eigenvalue weighted by molar-refractivity contribution is -0.115. The van der Waals surface area contributed by atoms with Crippen molar-refractivity contribution in [2.24, 2.45) is 0 Å². The van der Waals surface area contributed by atoms with Crippen LogP contribution in [0.4, 0.5) is 5.69 Å². The molecule has 2 rings (SSSR count). The van der Waals surface area contributed by atoms with Crippen LogP contribution in [0.3, 0.4) is 0 Å². The number of halogens is 1. The SMILES string of the molecule is CCOc1ccccc1NC(=O)CNC(=O)c1ccccc1Cl. The maximum atomic E-state index is 12.0. The quantitative estimate of drug-likeness (QED) is 0.854. The van der Waals surface area contributed by atoms with Crippen LogP contribution in [0.2, 0.25) is 5.02 Å².